The SMILES string of the molecule is COCC1(C)C2CCCCC(C)CCC2CCN1C(C)C. The van der Waals surface area contributed by atoms with Crippen LogP contribution < -0.4 is 0 Å². The molecule has 124 valence electrons. The number of nitrogens with zero attached hydrogens (tertiary/aromatic N) is 1. The number of fused-ring (bicyclic) bond motifs is 1. The van der Waals surface area contributed by atoms with Crippen LogP contribution >= 0.6 is 0 Å². The third kappa shape index (κ3) is 3.82. The van der Waals surface area contributed by atoms with Gasteiger partial charge in [-0.25, -0.2) is 0 Å². The van der Waals surface area contributed by atoms with Crippen LogP contribution in [0.2, 0.25) is 0 Å². The van der Waals surface area contributed by atoms with Gasteiger partial charge in [0.25, 0.3) is 0 Å². The first-order chi connectivity index (χ1) is 9.99. The minimum Gasteiger partial charge on any atom is -0.383 e. The average molecular weight is 296 g/mol. The molecule has 0 radical (unpaired) electrons. The first kappa shape index (κ1) is 17.3. The second kappa shape index (κ2) is 7.46. The van der Waals surface area contributed by atoms with E-state index in [-0.39, 0.29) is 5.54 Å². The van der Waals surface area contributed by atoms with E-state index in [1.165, 1.54) is 51.5 Å². The van der Waals surface area contributed by atoms with Crippen LogP contribution in [0.1, 0.15) is 72.6 Å². The monoisotopic (exact) mass is 295 g/mol. The number of hydrogen-bond donors (Lipinski definition) is 0. The lowest BCUT2D eigenvalue weighted by molar-refractivity contribution is -0.0893. The Bertz CT molecular complexity index is 317. The smallest absolute Gasteiger partial charge is 0.0646 e. The Morgan fingerprint density at radius 1 is 1.10 bits per heavy atom. The highest BCUT2D eigenvalue weighted by Crippen LogP contribution is 2.45. The summed E-state index contributed by atoms with van der Waals surface area (Å²) in [5, 5.41) is 0. The summed E-state index contributed by atoms with van der Waals surface area (Å²) in [7, 11) is 1.88. The zero-order valence-corrected chi connectivity index (χ0v) is 15.0. The summed E-state index contributed by atoms with van der Waals surface area (Å²) in [6.07, 6.45) is 9.96. The fourth-order valence-corrected chi connectivity index (χ4v) is 5.20. The number of hydrogen-bond acceptors (Lipinski definition) is 2. The molecule has 0 spiro atoms. The van der Waals surface area contributed by atoms with Gasteiger partial charge in [-0.3, -0.25) is 4.90 Å². The molecule has 21 heavy (non-hydrogen) atoms. The molecule has 2 nitrogen and oxygen atoms in total. The molecule has 0 N–H and O–H groups in total. The minimum atomic E-state index is 0.236. The van der Waals surface area contributed by atoms with Crippen molar-refractivity contribution >= 4 is 0 Å². The van der Waals surface area contributed by atoms with Gasteiger partial charge in [0.2, 0.25) is 0 Å². The first-order valence-corrected chi connectivity index (χ1v) is 9.24. The Morgan fingerprint density at radius 3 is 2.48 bits per heavy atom. The van der Waals surface area contributed by atoms with Crippen molar-refractivity contribution in [3.05, 3.63) is 0 Å². The third-order valence-electron chi connectivity index (χ3n) is 6.32. The lowest BCUT2D eigenvalue weighted by Crippen LogP contribution is -2.62. The molecule has 0 aromatic carbocycles. The van der Waals surface area contributed by atoms with Gasteiger partial charge in [0, 0.05) is 18.7 Å². The van der Waals surface area contributed by atoms with E-state index in [0.29, 0.717) is 6.04 Å². The molecule has 0 aromatic rings. The highest BCUT2D eigenvalue weighted by atomic mass is 16.5. The highest BCUT2D eigenvalue weighted by molar-refractivity contribution is 5.01. The molecular weight excluding hydrogens is 258 g/mol. The largest absolute Gasteiger partial charge is 0.383 e. The number of likely N-dealkylation sites (tertiary alicyclic amines) is 1. The van der Waals surface area contributed by atoms with Crippen LogP contribution in [-0.2, 0) is 4.74 Å². The zero-order valence-electron chi connectivity index (χ0n) is 15.0. The second-order valence-electron chi connectivity index (χ2n) is 8.20. The Balaban J connectivity index is 2.21. The second-order valence-corrected chi connectivity index (χ2v) is 8.20. The van der Waals surface area contributed by atoms with Crippen molar-refractivity contribution in [1.29, 1.82) is 0 Å². The topological polar surface area (TPSA) is 12.5 Å². The Morgan fingerprint density at radius 2 is 1.81 bits per heavy atom. The molecular formula is C19H37NO. The van der Waals surface area contributed by atoms with Crippen LogP contribution in [0.25, 0.3) is 0 Å². The van der Waals surface area contributed by atoms with Gasteiger partial charge >= 0.3 is 0 Å². The summed E-state index contributed by atoms with van der Waals surface area (Å²) in [5.41, 5.74) is 0.236. The van der Waals surface area contributed by atoms with E-state index in [9.17, 15) is 0 Å². The highest BCUT2D eigenvalue weighted by Gasteiger charge is 2.47. The fourth-order valence-electron chi connectivity index (χ4n) is 5.20. The molecule has 2 rings (SSSR count). The van der Waals surface area contributed by atoms with E-state index < -0.39 is 0 Å². The van der Waals surface area contributed by atoms with E-state index >= 15 is 0 Å². The third-order valence-corrected chi connectivity index (χ3v) is 6.32. The molecule has 1 saturated carbocycles. The normalized spacial score (nSPS) is 39.4. The molecule has 2 aliphatic rings. The van der Waals surface area contributed by atoms with Crippen molar-refractivity contribution in [2.24, 2.45) is 17.8 Å². The van der Waals surface area contributed by atoms with Gasteiger partial charge in [-0.05, 0) is 64.3 Å². The van der Waals surface area contributed by atoms with Gasteiger partial charge in [0.1, 0.15) is 0 Å². The zero-order chi connectivity index (χ0) is 15.5. The molecule has 1 heterocycles. The van der Waals surface area contributed by atoms with E-state index in [2.05, 4.69) is 32.6 Å². The maximum Gasteiger partial charge on any atom is 0.0646 e. The molecule has 2 fully saturated rings. The lowest BCUT2D eigenvalue weighted by atomic mass is 9.67. The van der Waals surface area contributed by atoms with Gasteiger partial charge in [-0.1, -0.05) is 32.6 Å². The summed E-state index contributed by atoms with van der Waals surface area (Å²) in [4.78, 5) is 2.74. The Labute approximate surface area is 132 Å². The molecule has 4 unspecified atom stereocenters. The maximum atomic E-state index is 5.70. The lowest BCUT2D eigenvalue weighted by Gasteiger charge is -2.55. The van der Waals surface area contributed by atoms with E-state index in [4.69, 9.17) is 4.74 Å². The number of methoxy groups -OCH3 is 1. The Kier molecular flexibility index (Phi) is 6.14. The predicted molar refractivity (Wildman–Crippen MR) is 90.6 cm³/mol. The van der Waals surface area contributed by atoms with Crippen molar-refractivity contribution < 1.29 is 4.74 Å². The minimum absolute atomic E-state index is 0.236. The summed E-state index contributed by atoms with van der Waals surface area (Å²) in [6.45, 7) is 11.8. The van der Waals surface area contributed by atoms with E-state index in [1.54, 1.807) is 0 Å². The number of ether oxygens (including phenoxy) is 1. The van der Waals surface area contributed by atoms with Crippen LogP contribution in [0.15, 0.2) is 0 Å². The summed E-state index contributed by atoms with van der Waals surface area (Å²) >= 11 is 0. The van der Waals surface area contributed by atoms with Crippen molar-refractivity contribution in [3.8, 4) is 0 Å². The molecule has 1 aliphatic heterocycles. The van der Waals surface area contributed by atoms with Crippen LogP contribution in [0.5, 0.6) is 0 Å². The molecule has 0 amide bonds. The summed E-state index contributed by atoms with van der Waals surface area (Å²) in [6, 6.07) is 0.623. The molecule has 1 aliphatic carbocycles. The van der Waals surface area contributed by atoms with Gasteiger partial charge in [0.05, 0.1) is 6.61 Å². The van der Waals surface area contributed by atoms with Crippen LogP contribution in [0.3, 0.4) is 0 Å². The van der Waals surface area contributed by atoms with Gasteiger partial charge in [-0.2, -0.15) is 0 Å². The fraction of sp³-hybridized carbons (Fsp3) is 1.00. The summed E-state index contributed by atoms with van der Waals surface area (Å²) < 4.78 is 5.70. The number of piperidine rings is 1. The van der Waals surface area contributed by atoms with Crippen molar-refractivity contribution in [3.63, 3.8) is 0 Å². The van der Waals surface area contributed by atoms with Gasteiger partial charge in [0.15, 0.2) is 0 Å². The number of rotatable bonds is 3. The standard InChI is InChI=1S/C19H37NO/c1-15(2)20-13-12-17-11-10-16(3)8-6-7-9-18(17)19(20,4)14-21-5/h15-18H,6-14H2,1-5H3. The summed E-state index contributed by atoms with van der Waals surface area (Å²) in [5.74, 6) is 2.67. The van der Waals surface area contributed by atoms with Gasteiger partial charge in [-0.15, -0.1) is 0 Å². The van der Waals surface area contributed by atoms with Crippen molar-refractivity contribution in [1.82, 2.24) is 4.90 Å². The molecule has 2 heteroatoms. The molecule has 4 atom stereocenters. The van der Waals surface area contributed by atoms with E-state index in [0.717, 1.165) is 24.4 Å². The van der Waals surface area contributed by atoms with Crippen molar-refractivity contribution in [2.75, 3.05) is 20.3 Å². The quantitative estimate of drug-likeness (QED) is 0.746. The first-order valence-electron chi connectivity index (χ1n) is 9.24. The van der Waals surface area contributed by atoms with Gasteiger partial charge < -0.3 is 4.74 Å². The maximum absolute atomic E-state index is 5.70. The van der Waals surface area contributed by atoms with Crippen molar-refractivity contribution in [2.45, 2.75) is 84.2 Å². The molecule has 0 aromatic heterocycles. The predicted octanol–water partition coefficient (Wildman–Crippen LogP) is 4.73. The van der Waals surface area contributed by atoms with Crippen LogP contribution in [0.4, 0.5) is 0 Å². The van der Waals surface area contributed by atoms with Crippen LogP contribution in [-0.4, -0.2) is 36.7 Å². The average Bonchev–Trinajstić information content (AvgIpc) is 2.51. The van der Waals surface area contributed by atoms with Crippen LogP contribution in [0, 0.1) is 17.8 Å². The Hall–Kier alpha value is -0.0800. The molecule has 1 saturated heterocycles. The molecule has 0 bridgehead atoms. The van der Waals surface area contributed by atoms with E-state index in [1.807, 2.05) is 7.11 Å².